The van der Waals surface area contributed by atoms with E-state index in [1.165, 1.54) is 17.0 Å². The summed E-state index contributed by atoms with van der Waals surface area (Å²) in [7, 11) is 0. The standard InChI is InChI=1S/C24H31FN2O3/c1-4-6-7-8-23(28)26(15-5-2)18-24(29)27(17-22-14-9-19(3)30-22)16-20-10-12-21(25)13-11-20/h5,9-14H,2,4,6-8,15-18H2,1,3H3. The molecule has 0 unspecified atom stereocenters. The molecule has 162 valence electrons. The number of hydrogen-bond donors (Lipinski definition) is 0. The molecule has 0 saturated heterocycles. The maximum Gasteiger partial charge on any atom is 0.242 e. The van der Waals surface area contributed by atoms with Crippen molar-refractivity contribution in [1.29, 1.82) is 0 Å². The van der Waals surface area contributed by atoms with Gasteiger partial charge in [0.05, 0.1) is 6.54 Å². The highest BCUT2D eigenvalue weighted by Crippen LogP contribution is 2.15. The van der Waals surface area contributed by atoms with E-state index in [0.717, 1.165) is 30.6 Å². The Kier molecular flexibility index (Phi) is 9.32. The molecule has 0 radical (unpaired) electrons. The number of halogens is 1. The number of benzene rings is 1. The van der Waals surface area contributed by atoms with E-state index in [2.05, 4.69) is 13.5 Å². The maximum absolute atomic E-state index is 13.3. The number of nitrogens with zero attached hydrogens (tertiary/aromatic N) is 2. The van der Waals surface area contributed by atoms with Crippen LogP contribution in [0.1, 0.15) is 49.7 Å². The Labute approximate surface area is 178 Å². The number of carbonyl (C=O) groups is 2. The first kappa shape index (κ1) is 23.4. The maximum atomic E-state index is 13.3. The van der Waals surface area contributed by atoms with Crippen LogP contribution in [0, 0.1) is 12.7 Å². The van der Waals surface area contributed by atoms with E-state index in [-0.39, 0.29) is 30.7 Å². The summed E-state index contributed by atoms with van der Waals surface area (Å²) in [5.41, 5.74) is 0.803. The van der Waals surface area contributed by atoms with Gasteiger partial charge in [-0.05, 0) is 43.2 Å². The summed E-state index contributed by atoms with van der Waals surface area (Å²) in [6.07, 6.45) is 4.87. The number of unbranched alkanes of at least 4 members (excludes halogenated alkanes) is 2. The van der Waals surface area contributed by atoms with Crippen molar-refractivity contribution in [2.45, 2.75) is 52.6 Å². The van der Waals surface area contributed by atoms with Gasteiger partial charge in [-0.3, -0.25) is 9.59 Å². The molecule has 0 saturated carbocycles. The monoisotopic (exact) mass is 414 g/mol. The predicted octanol–water partition coefficient (Wildman–Crippen LogP) is 4.85. The van der Waals surface area contributed by atoms with E-state index in [9.17, 15) is 14.0 Å². The number of furan rings is 1. The van der Waals surface area contributed by atoms with Gasteiger partial charge in [-0.2, -0.15) is 0 Å². The first-order chi connectivity index (χ1) is 14.4. The average molecular weight is 415 g/mol. The zero-order chi connectivity index (χ0) is 21.9. The van der Waals surface area contributed by atoms with E-state index in [0.29, 0.717) is 25.3 Å². The van der Waals surface area contributed by atoms with Crippen LogP contribution in [-0.2, 0) is 22.7 Å². The van der Waals surface area contributed by atoms with Gasteiger partial charge in [-0.25, -0.2) is 4.39 Å². The molecule has 0 aliphatic carbocycles. The lowest BCUT2D eigenvalue weighted by molar-refractivity contribution is -0.141. The normalized spacial score (nSPS) is 10.6. The molecule has 0 fully saturated rings. The van der Waals surface area contributed by atoms with Gasteiger partial charge in [0.1, 0.15) is 23.9 Å². The van der Waals surface area contributed by atoms with Gasteiger partial charge in [0.2, 0.25) is 11.8 Å². The minimum Gasteiger partial charge on any atom is -0.464 e. The van der Waals surface area contributed by atoms with Crippen LogP contribution in [0.2, 0.25) is 0 Å². The third-order valence-electron chi connectivity index (χ3n) is 4.80. The highest BCUT2D eigenvalue weighted by molar-refractivity contribution is 5.85. The Morgan fingerprint density at radius 2 is 1.77 bits per heavy atom. The second-order valence-corrected chi connectivity index (χ2v) is 7.41. The summed E-state index contributed by atoms with van der Waals surface area (Å²) in [5, 5.41) is 0. The van der Waals surface area contributed by atoms with Crippen molar-refractivity contribution in [2.24, 2.45) is 0 Å². The second-order valence-electron chi connectivity index (χ2n) is 7.41. The van der Waals surface area contributed by atoms with E-state index in [1.54, 1.807) is 23.1 Å². The van der Waals surface area contributed by atoms with Gasteiger partial charge in [-0.1, -0.05) is 38.0 Å². The van der Waals surface area contributed by atoms with Crippen molar-refractivity contribution >= 4 is 11.8 Å². The summed E-state index contributed by atoms with van der Waals surface area (Å²) in [4.78, 5) is 28.9. The lowest BCUT2D eigenvalue weighted by Gasteiger charge is -2.27. The molecule has 1 heterocycles. The van der Waals surface area contributed by atoms with Crippen molar-refractivity contribution in [1.82, 2.24) is 9.80 Å². The Balaban J connectivity index is 2.13. The molecular formula is C24H31FN2O3. The van der Waals surface area contributed by atoms with Crippen LogP contribution in [0.5, 0.6) is 0 Å². The molecule has 5 nitrogen and oxygen atoms in total. The van der Waals surface area contributed by atoms with Gasteiger partial charge in [0.15, 0.2) is 0 Å². The van der Waals surface area contributed by atoms with Crippen LogP contribution >= 0.6 is 0 Å². The van der Waals surface area contributed by atoms with Crippen molar-refractivity contribution in [3.63, 3.8) is 0 Å². The predicted molar refractivity (Wildman–Crippen MR) is 115 cm³/mol. The first-order valence-electron chi connectivity index (χ1n) is 10.4. The SMILES string of the molecule is C=CCN(CC(=O)N(Cc1ccc(F)cc1)Cc1ccc(C)o1)C(=O)CCCCC. The average Bonchev–Trinajstić information content (AvgIpc) is 3.13. The molecule has 0 aliphatic rings. The van der Waals surface area contributed by atoms with Crippen LogP contribution in [0.3, 0.4) is 0 Å². The van der Waals surface area contributed by atoms with Crippen molar-refractivity contribution in [3.05, 3.63) is 72.0 Å². The largest absolute Gasteiger partial charge is 0.464 e. The molecule has 2 rings (SSSR count). The van der Waals surface area contributed by atoms with Crippen LogP contribution in [0.25, 0.3) is 0 Å². The van der Waals surface area contributed by atoms with Gasteiger partial charge >= 0.3 is 0 Å². The molecule has 0 N–H and O–H groups in total. The van der Waals surface area contributed by atoms with Crippen LogP contribution in [0.4, 0.5) is 4.39 Å². The van der Waals surface area contributed by atoms with Crippen LogP contribution in [0.15, 0.2) is 53.5 Å². The molecule has 2 aromatic rings. The Morgan fingerprint density at radius 3 is 2.37 bits per heavy atom. The third-order valence-corrected chi connectivity index (χ3v) is 4.80. The van der Waals surface area contributed by atoms with Crippen molar-refractivity contribution < 1.29 is 18.4 Å². The highest BCUT2D eigenvalue weighted by atomic mass is 19.1. The molecule has 6 heteroatoms. The second kappa shape index (κ2) is 12.0. The van der Waals surface area contributed by atoms with Gasteiger partial charge < -0.3 is 14.2 Å². The Hall–Kier alpha value is -2.89. The fraction of sp³-hybridized carbons (Fsp3) is 0.417. The fourth-order valence-electron chi connectivity index (χ4n) is 3.16. The molecule has 2 amide bonds. The zero-order valence-corrected chi connectivity index (χ0v) is 17.9. The molecule has 1 aromatic heterocycles. The van der Waals surface area contributed by atoms with Crippen LogP contribution in [-0.4, -0.2) is 34.7 Å². The molecule has 30 heavy (non-hydrogen) atoms. The molecule has 0 atom stereocenters. The van der Waals surface area contributed by atoms with E-state index in [1.807, 2.05) is 19.1 Å². The number of carbonyl (C=O) groups excluding carboxylic acids is 2. The van der Waals surface area contributed by atoms with Crippen molar-refractivity contribution in [3.8, 4) is 0 Å². The number of hydrogen-bond acceptors (Lipinski definition) is 3. The first-order valence-corrected chi connectivity index (χ1v) is 10.4. The summed E-state index contributed by atoms with van der Waals surface area (Å²) >= 11 is 0. The summed E-state index contributed by atoms with van der Waals surface area (Å²) < 4.78 is 18.9. The van der Waals surface area contributed by atoms with E-state index in [4.69, 9.17) is 4.42 Å². The summed E-state index contributed by atoms with van der Waals surface area (Å²) in [5.74, 6) is 0.852. The lowest BCUT2D eigenvalue weighted by atomic mass is 10.2. The Morgan fingerprint density at radius 1 is 1.03 bits per heavy atom. The fourth-order valence-corrected chi connectivity index (χ4v) is 3.16. The van der Waals surface area contributed by atoms with Crippen molar-refractivity contribution in [2.75, 3.05) is 13.1 Å². The molecule has 0 spiro atoms. The number of amides is 2. The molecule has 0 bridgehead atoms. The smallest absolute Gasteiger partial charge is 0.242 e. The van der Waals surface area contributed by atoms with E-state index >= 15 is 0 Å². The van der Waals surface area contributed by atoms with Gasteiger partial charge in [0, 0.05) is 19.5 Å². The quantitative estimate of drug-likeness (QED) is 0.368. The van der Waals surface area contributed by atoms with Gasteiger partial charge in [0.25, 0.3) is 0 Å². The third kappa shape index (κ3) is 7.50. The number of aryl methyl sites for hydroxylation is 1. The summed E-state index contributed by atoms with van der Waals surface area (Å²) in [6, 6.07) is 9.72. The number of rotatable bonds is 12. The lowest BCUT2D eigenvalue weighted by Crippen LogP contribution is -2.42. The van der Waals surface area contributed by atoms with E-state index < -0.39 is 0 Å². The molecule has 1 aromatic carbocycles. The minimum atomic E-state index is -0.326. The van der Waals surface area contributed by atoms with Crippen LogP contribution < -0.4 is 0 Å². The molecule has 0 aliphatic heterocycles. The minimum absolute atomic E-state index is 0.0299. The highest BCUT2D eigenvalue weighted by Gasteiger charge is 2.22. The Bertz CT molecular complexity index is 829. The topological polar surface area (TPSA) is 53.8 Å². The zero-order valence-electron chi connectivity index (χ0n) is 17.9. The summed E-state index contributed by atoms with van der Waals surface area (Å²) in [6.45, 7) is 8.50. The van der Waals surface area contributed by atoms with Gasteiger partial charge in [-0.15, -0.1) is 6.58 Å². The molecular weight excluding hydrogens is 383 g/mol.